The lowest BCUT2D eigenvalue weighted by Crippen LogP contribution is -2.27. The van der Waals surface area contributed by atoms with E-state index in [0.29, 0.717) is 11.8 Å². The lowest BCUT2D eigenvalue weighted by Gasteiger charge is -2.23. The summed E-state index contributed by atoms with van der Waals surface area (Å²) in [5, 5.41) is 0.779. The number of benzene rings is 1. The van der Waals surface area contributed by atoms with Gasteiger partial charge in [-0.2, -0.15) is 0 Å². The van der Waals surface area contributed by atoms with Crippen molar-refractivity contribution in [1.29, 1.82) is 0 Å². The van der Waals surface area contributed by atoms with Crippen LogP contribution < -0.4 is 4.90 Å². The molecule has 0 aliphatic rings. The van der Waals surface area contributed by atoms with Crippen LogP contribution in [0.5, 0.6) is 0 Å². The minimum Gasteiger partial charge on any atom is -0.369 e. The second kappa shape index (κ2) is 6.47. The highest BCUT2D eigenvalue weighted by atomic mass is 35.5. The molecule has 0 atom stereocenters. The Bertz CT molecular complexity index is 309. The summed E-state index contributed by atoms with van der Waals surface area (Å²) in [6.07, 6.45) is 0. The third-order valence-electron chi connectivity index (χ3n) is 2.23. The Kier molecular flexibility index (Phi) is 5.59. The van der Waals surface area contributed by atoms with Gasteiger partial charge in [0.25, 0.3) is 0 Å². The molecule has 0 unspecified atom stereocenters. The second-order valence-corrected chi connectivity index (χ2v) is 4.46. The molecular weight excluding hydrogens is 252 g/mol. The molecule has 1 aromatic rings. The quantitative estimate of drug-likeness (QED) is 0.730. The predicted molar refractivity (Wildman–Crippen MR) is 69.8 cm³/mol. The number of hydrogen-bond donors (Lipinski definition) is 0. The molecule has 4 heteroatoms. The van der Waals surface area contributed by atoms with Crippen LogP contribution in [0.2, 0.25) is 5.02 Å². The first-order chi connectivity index (χ1) is 7.19. The molecule has 0 fully saturated rings. The summed E-state index contributed by atoms with van der Waals surface area (Å²) < 4.78 is 0. The zero-order valence-electron chi connectivity index (χ0n) is 8.64. The molecular formula is C11H14Cl3N. The minimum absolute atomic E-state index is 0.586. The van der Waals surface area contributed by atoms with Gasteiger partial charge in [0.1, 0.15) is 0 Å². The third kappa shape index (κ3) is 3.75. The summed E-state index contributed by atoms with van der Waals surface area (Å²) in [4.78, 5) is 2.13. The maximum atomic E-state index is 6.07. The molecule has 15 heavy (non-hydrogen) atoms. The highest BCUT2D eigenvalue weighted by Crippen LogP contribution is 2.23. The number of rotatable bonds is 5. The van der Waals surface area contributed by atoms with Crippen molar-refractivity contribution in [2.24, 2.45) is 0 Å². The zero-order valence-corrected chi connectivity index (χ0v) is 10.9. The first-order valence-electron chi connectivity index (χ1n) is 4.82. The molecule has 0 bridgehead atoms. The summed E-state index contributed by atoms with van der Waals surface area (Å²) in [6, 6.07) is 6.00. The molecule has 0 aliphatic heterocycles. The van der Waals surface area contributed by atoms with Crippen LogP contribution >= 0.6 is 34.8 Å². The SMILES string of the molecule is Cc1ccc(N(CCCl)CCCl)cc1Cl. The monoisotopic (exact) mass is 265 g/mol. The number of aryl methyl sites for hydroxylation is 1. The van der Waals surface area contributed by atoms with Gasteiger partial charge in [0.2, 0.25) is 0 Å². The van der Waals surface area contributed by atoms with E-state index >= 15 is 0 Å². The third-order valence-corrected chi connectivity index (χ3v) is 2.97. The van der Waals surface area contributed by atoms with E-state index in [9.17, 15) is 0 Å². The number of alkyl halides is 2. The average molecular weight is 267 g/mol. The van der Waals surface area contributed by atoms with E-state index in [0.717, 1.165) is 29.4 Å². The molecule has 0 aliphatic carbocycles. The number of hydrogen-bond acceptors (Lipinski definition) is 1. The van der Waals surface area contributed by atoms with Crippen LogP contribution in [0.15, 0.2) is 18.2 Å². The van der Waals surface area contributed by atoms with Crippen LogP contribution in [0.25, 0.3) is 0 Å². The molecule has 1 aromatic carbocycles. The Morgan fingerprint density at radius 3 is 2.20 bits per heavy atom. The summed E-state index contributed by atoms with van der Waals surface area (Å²) >= 11 is 17.5. The van der Waals surface area contributed by atoms with E-state index in [4.69, 9.17) is 34.8 Å². The Morgan fingerprint density at radius 2 is 1.73 bits per heavy atom. The smallest absolute Gasteiger partial charge is 0.0455 e. The zero-order chi connectivity index (χ0) is 11.3. The summed E-state index contributed by atoms with van der Waals surface area (Å²) in [7, 11) is 0. The van der Waals surface area contributed by atoms with Crippen molar-refractivity contribution in [3.05, 3.63) is 28.8 Å². The molecule has 0 saturated carbocycles. The maximum absolute atomic E-state index is 6.07. The van der Waals surface area contributed by atoms with E-state index in [1.807, 2.05) is 25.1 Å². The molecule has 1 nitrogen and oxygen atoms in total. The van der Waals surface area contributed by atoms with Gasteiger partial charge in [-0.1, -0.05) is 17.7 Å². The van der Waals surface area contributed by atoms with Gasteiger partial charge in [-0.15, -0.1) is 23.2 Å². The fraction of sp³-hybridized carbons (Fsp3) is 0.455. The van der Waals surface area contributed by atoms with Crippen LogP contribution in [-0.2, 0) is 0 Å². The Morgan fingerprint density at radius 1 is 1.13 bits per heavy atom. The Balaban J connectivity index is 2.85. The molecule has 0 saturated heterocycles. The van der Waals surface area contributed by atoms with Gasteiger partial charge in [-0.3, -0.25) is 0 Å². The number of nitrogens with zero attached hydrogens (tertiary/aromatic N) is 1. The normalized spacial score (nSPS) is 10.4. The van der Waals surface area contributed by atoms with E-state index in [-0.39, 0.29) is 0 Å². The molecule has 0 radical (unpaired) electrons. The first-order valence-corrected chi connectivity index (χ1v) is 6.26. The predicted octanol–water partition coefficient (Wildman–Crippen LogP) is 3.93. The van der Waals surface area contributed by atoms with Crippen LogP contribution in [0.3, 0.4) is 0 Å². The van der Waals surface area contributed by atoms with Gasteiger partial charge in [0, 0.05) is 35.6 Å². The highest BCUT2D eigenvalue weighted by molar-refractivity contribution is 6.31. The van der Waals surface area contributed by atoms with Crippen LogP contribution in [0, 0.1) is 6.92 Å². The van der Waals surface area contributed by atoms with Gasteiger partial charge < -0.3 is 4.90 Å². The van der Waals surface area contributed by atoms with Crippen LogP contribution in [-0.4, -0.2) is 24.8 Å². The highest BCUT2D eigenvalue weighted by Gasteiger charge is 2.06. The number of halogens is 3. The molecule has 0 aromatic heterocycles. The summed E-state index contributed by atoms with van der Waals surface area (Å²) in [5.74, 6) is 1.17. The van der Waals surface area contributed by atoms with Crippen LogP contribution in [0.1, 0.15) is 5.56 Å². The molecule has 84 valence electrons. The molecule has 0 heterocycles. The lowest BCUT2D eigenvalue weighted by molar-refractivity contribution is 0.874. The van der Waals surface area contributed by atoms with Gasteiger partial charge in [-0.05, 0) is 24.6 Å². The fourth-order valence-corrected chi connectivity index (χ4v) is 1.94. The van der Waals surface area contributed by atoms with Crippen molar-refractivity contribution < 1.29 is 0 Å². The van der Waals surface area contributed by atoms with E-state index in [1.165, 1.54) is 0 Å². The van der Waals surface area contributed by atoms with E-state index < -0.39 is 0 Å². The van der Waals surface area contributed by atoms with Crippen molar-refractivity contribution >= 4 is 40.5 Å². The first kappa shape index (κ1) is 13.0. The largest absolute Gasteiger partial charge is 0.369 e. The molecule has 1 rings (SSSR count). The summed E-state index contributed by atoms with van der Waals surface area (Å²) in [5.41, 5.74) is 2.16. The molecule has 0 amide bonds. The number of anilines is 1. The van der Waals surface area contributed by atoms with Crippen LogP contribution in [0.4, 0.5) is 5.69 Å². The molecule has 0 N–H and O–H groups in total. The van der Waals surface area contributed by atoms with Crippen molar-refractivity contribution in [1.82, 2.24) is 0 Å². The Hall–Kier alpha value is -0.110. The lowest BCUT2D eigenvalue weighted by atomic mass is 10.2. The van der Waals surface area contributed by atoms with Gasteiger partial charge >= 0.3 is 0 Å². The fourth-order valence-electron chi connectivity index (χ4n) is 1.35. The van der Waals surface area contributed by atoms with Crippen molar-refractivity contribution in [3.8, 4) is 0 Å². The topological polar surface area (TPSA) is 3.24 Å². The Labute approximate surface area is 106 Å². The maximum Gasteiger partial charge on any atom is 0.0455 e. The van der Waals surface area contributed by atoms with E-state index in [2.05, 4.69) is 4.90 Å². The summed E-state index contributed by atoms with van der Waals surface area (Å²) in [6.45, 7) is 3.56. The average Bonchev–Trinajstić information content (AvgIpc) is 2.22. The van der Waals surface area contributed by atoms with Gasteiger partial charge in [0.15, 0.2) is 0 Å². The van der Waals surface area contributed by atoms with Crippen molar-refractivity contribution in [2.45, 2.75) is 6.92 Å². The van der Waals surface area contributed by atoms with Gasteiger partial charge in [0.05, 0.1) is 0 Å². The van der Waals surface area contributed by atoms with Gasteiger partial charge in [-0.25, -0.2) is 0 Å². The van der Waals surface area contributed by atoms with Crippen molar-refractivity contribution in [3.63, 3.8) is 0 Å². The standard InChI is InChI=1S/C11H14Cl3N/c1-9-2-3-10(8-11(9)14)15(6-4-12)7-5-13/h2-3,8H,4-7H2,1H3. The minimum atomic E-state index is 0.586. The molecule has 0 spiro atoms. The second-order valence-electron chi connectivity index (χ2n) is 3.30. The van der Waals surface area contributed by atoms with E-state index in [1.54, 1.807) is 0 Å². The van der Waals surface area contributed by atoms with Crippen molar-refractivity contribution in [2.75, 3.05) is 29.7 Å².